The molecule has 0 spiro atoms. The largest absolute Gasteiger partial charge is 0.432 e. The van der Waals surface area contributed by atoms with Gasteiger partial charge >= 0.3 is 5.91 Å². The number of amides is 1. The molecule has 0 saturated carbocycles. The number of oxazole rings is 1. The number of carbonyl (C=O) groups excluding carboxylic acids is 1. The number of fused-ring (bicyclic) bond motifs is 1. The van der Waals surface area contributed by atoms with Crippen molar-refractivity contribution < 1.29 is 9.21 Å². The number of nitrogens with two attached hydrogens (primary N) is 1. The molecule has 14 heavy (non-hydrogen) atoms. The third kappa shape index (κ3) is 1.33. The molecule has 3 N–H and O–H groups in total. The Morgan fingerprint density at radius 1 is 1.57 bits per heavy atom. The average molecular weight is 191 g/mol. The van der Waals surface area contributed by atoms with Gasteiger partial charge in [-0.05, 0) is 24.6 Å². The van der Waals surface area contributed by atoms with E-state index in [-0.39, 0.29) is 5.89 Å². The molecule has 1 aromatic carbocycles. The van der Waals surface area contributed by atoms with Gasteiger partial charge < -0.3 is 4.42 Å². The third-order valence-corrected chi connectivity index (χ3v) is 1.87. The predicted molar refractivity (Wildman–Crippen MR) is 50.4 cm³/mol. The summed E-state index contributed by atoms with van der Waals surface area (Å²) in [5, 5.41) is 0. The van der Waals surface area contributed by atoms with Gasteiger partial charge in [-0.1, -0.05) is 6.07 Å². The topological polar surface area (TPSA) is 81.2 Å². The van der Waals surface area contributed by atoms with Crippen LogP contribution in [0.15, 0.2) is 22.6 Å². The van der Waals surface area contributed by atoms with Crippen molar-refractivity contribution in [2.75, 3.05) is 0 Å². The second-order valence-electron chi connectivity index (χ2n) is 2.96. The number of carbonyl (C=O) groups is 1. The summed E-state index contributed by atoms with van der Waals surface area (Å²) in [6, 6.07) is 5.49. The van der Waals surface area contributed by atoms with E-state index in [2.05, 4.69) is 4.98 Å². The van der Waals surface area contributed by atoms with Crippen molar-refractivity contribution in [3.05, 3.63) is 29.7 Å². The fraction of sp³-hybridized carbons (Fsp3) is 0.111. The lowest BCUT2D eigenvalue weighted by molar-refractivity contribution is 0.0921. The number of benzene rings is 1. The minimum Gasteiger partial charge on any atom is -0.432 e. The van der Waals surface area contributed by atoms with Gasteiger partial charge in [0.15, 0.2) is 5.58 Å². The van der Waals surface area contributed by atoms with E-state index in [0.717, 1.165) is 5.56 Å². The Morgan fingerprint density at radius 2 is 2.36 bits per heavy atom. The van der Waals surface area contributed by atoms with Crippen molar-refractivity contribution >= 4 is 17.0 Å². The van der Waals surface area contributed by atoms with Crippen LogP contribution in [-0.2, 0) is 0 Å². The molecule has 0 aliphatic rings. The quantitative estimate of drug-likeness (QED) is 0.395. The van der Waals surface area contributed by atoms with E-state index < -0.39 is 5.91 Å². The van der Waals surface area contributed by atoms with Gasteiger partial charge in [0, 0.05) is 0 Å². The Hall–Kier alpha value is -1.88. The number of aromatic nitrogens is 1. The lowest BCUT2D eigenvalue weighted by atomic mass is 10.2. The standard InChI is InChI=1S/C9H9N3O2/c1-5-2-3-7-6(4-5)11-9(14-7)8(13)12-10/h2-4H,10H2,1H3,(H,12,13). The Balaban J connectivity index is 2.56. The average Bonchev–Trinajstić information content (AvgIpc) is 2.59. The maximum absolute atomic E-state index is 11.1. The van der Waals surface area contributed by atoms with Crippen LogP contribution in [0.5, 0.6) is 0 Å². The minimum atomic E-state index is -0.529. The molecule has 5 heteroatoms. The normalized spacial score (nSPS) is 10.4. The zero-order chi connectivity index (χ0) is 10.1. The number of nitrogens with one attached hydrogen (secondary N) is 1. The lowest BCUT2D eigenvalue weighted by Crippen LogP contribution is -2.30. The SMILES string of the molecule is Cc1ccc2oc(C(=O)NN)nc2c1. The maximum atomic E-state index is 11.1. The van der Waals surface area contributed by atoms with E-state index in [0.29, 0.717) is 11.1 Å². The van der Waals surface area contributed by atoms with Crippen LogP contribution in [-0.4, -0.2) is 10.9 Å². The first-order valence-corrected chi connectivity index (χ1v) is 4.09. The maximum Gasteiger partial charge on any atom is 0.321 e. The Bertz CT molecular complexity index is 490. The zero-order valence-corrected chi connectivity index (χ0v) is 7.57. The molecular weight excluding hydrogens is 182 g/mol. The molecule has 5 nitrogen and oxygen atoms in total. The van der Waals surface area contributed by atoms with Gasteiger partial charge in [-0.25, -0.2) is 10.8 Å². The first kappa shape index (κ1) is 8.71. The van der Waals surface area contributed by atoms with E-state index in [1.165, 1.54) is 0 Å². The zero-order valence-electron chi connectivity index (χ0n) is 7.57. The van der Waals surface area contributed by atoms with Crippen molar-refractivity contribution in [1.82, 2.24) is 10.4 Å². The van der Waals surface area contributed by atoms with Gasteiger partial charge in [-0.2, -0.15) is 0 Å². The van der Waals surface area contributed by atoms with Crippen LogP contribution in [0.2, 0.25) is 0 Å². The van der Waals surface area contributed by atoms with Gasteiger partial charge in [0.25, 0.3) is 5.89 Å². The van der Waals surface area contributed by atoms with Crippen molar-refractivity contribution in [1.29, 1.82) is 0 Å². The molecule has 0 aliphatic heterocycles. The molecule has 2 rings (SSSR count). The number of hydrogen-bond donors (Lipinski definition) is 2. The van der Waals surface area contributed by atoms with Crippen LogP contribution < -0.4 is 11.3 Å². The van der Waals surface area contributed by atoms with Gasteiger partial charge in [-0.15, -0.1) is 0 Å². The smallest absolute Gasteiger partial charge is 0.321 e. The van der Waals surface area contributed by atoms with Gasteiger partial charge in [0.05, 0.1) is 0 Å². The minimum absolute atomic E-state index is 0.0203. The van der Waals surface area contributed by atoms with Crippen molar-refractivity contribution in [2.24, 2.45) is 5.84 Å². The third-order valence-electron chi connectivity index (χ3n) is 1.87. The van der Waals surface area contributed by atoms with Crippen LogP contribution in [0, 0.1) is 6.92 Å². The highest BCUT2D eigenvalue weighted by Crippen LogP contribution is 2.16. The van der Waals surface area contributed by atoms with Crippen LogP contribution >= 0.6 is 0 Å². The van der Waals surface area contributed by atoms with E-state index in [9.17, 15) is 4.79 Å². The summed E-state index contributed by atoms with van der Waals surface area (Å²) >= 11 is 0. The van der Waals surface area contributed by atoms with Crippen molar-refractivity contribution in [3.63, 3.8) is 0 Å². The highest BCUT2D eigenvalue weighted by atomic mass is 16.4. The Kier molecular flexibility index (Phi) is 1.94. The van der Waals surface area contributed by atoms with E-state index in [4.69, 9.17) is 10.3 Å². The molecule has 0 saturated heterocycles. The molecule has 0 bridgehead atoms. The first-order chi connectivity index (χ1) is 6.70. The fourth-order valence-electron chi connectivity index (χ4n) is 1.20. The first-order valence-electron chi connectivity index (χ1n) is 4.09. The summed E-state index contributed by atoms with van der Waals surface area (Å²) in [5.41, 5.74) is 4.26. The molecule has 0 unspecified atom stereocenters. The molecule has 0 atom stereocenters. The molecule has 0 radical (unpaired) electrons. The second kappa shape index (κ2) is 3.12. The summed E-state index contributed by atoms with van der Waals surface area (Å²) in [6.07, 6.45) is 0. The van der Waals surface area contributed by atoms with E-state index in [1.54, 1.807) is 6.07 Å². The molecule has 72 valence electrons. The fourth-order valence-corrected chi connectivity index (χ4v) is 1.20. The monoisotopic (exact) mass is 191 g/mol. The van der Waals surface area contributed by atoms with Crippen LogP contribution in [0.4, 0.5) is 0 Å². The van der Waals surface area contributed by atoms with Crippen molar-refractivity contribution in [2.45, 2.75) is 6.92 Å². The molecular formula is C9H9N3O2. The number of nitrogen functional groups attached to an aromatic ring is 1. The molecule has 1 heterocycles. The molecule has 2 aromatic rings. The number of rotatable bonds is 1. The number of aryl methyl sites for hydroxylation is 1. The second-order valence-corrected chi connectivity index (χ2v) is 2.96. The van der Waals surface area contributed by atoms with Crippen LogP contribution in [0.1, 0.15) is 16.2 Å². The summed E-state index contributed by atoms with van der Waals surface area (Å²) in [7, 11) is 0. The predicted octanol–water partition coefficient (Wildman–Crippen LogP) is 0.740. The van der Waals surface area contributed by atoms with E-state index >= 15 is 0 Å². The number of hydrogen-bond acceptors (Lipinski definition) is 4. The summed E-state index contributed by atoms with van der Waals surface area (Å²) in [6.45, 7) is 1.94. The number of nitrogens with zero attached hydrogens (tertiary/aromatic N) is 1. The summed E-state index contributed by atoms with van der Waals surface area (Å²) in [4.78, 5) is 15.1. The Labute approximate surface area is 79.9 Å². The molecule has 0 aliphatic carbocycles. The van der Waals surface area contributed by atoms with Gasteiger partial charge in [-0.3, -0.25) is 10.2 Å². The van der Waals surface area contributed by atoms with E-state index in [1.807, 2.05) is 24.5 Å². The molecule has 0 fully saturated rings. The highest BCUT2D eigenvalue weighted by molar-refractivity contribution is 5.91. The summed E-state index contributed by atoms with van der Waals surface area (Å²) in [5.74, 6) is 4.41. The highest BCUT2D eigenvalue weighted by Gasteiger charge is 2.12. The van der Waals surface area contributed by atoms with Gasteiger partial charge in [0.1, 0.15) is 5.52 Å². The number of hydrazine groups is 1. The summed E-state index contributed by atoms with van der Waals surface area (Å²) < 4.78 is 5.17. The van der Waals surface area contributed by atoms with Crippen LogP contribution in [0.3, 0.4) is 0 Å². The molecule has 1 aromatic heterocycles. The van der Waals surface area contributed by atoms with Crippen LogP contribution in [0.25, 0.3) is 11.1 Å². The Morgan fingerprint density at radius 3 is 3.07 bits per heavy atom. The molecule has 1 amide bonds. The lowest BCUT2D eigenvalue weighted by Gasteiger charge is -1.89. The van der Waals surface area contributed by atoms with Crippen molar-refractivity contribution in [3.8, 4) is 0 Å². The van der Waals surface area contributed by atoms with Gasteiger partial charge in [0.2, 0.25) is 0 Å².